The van der Waals surface area contributed by atoms with Crippen LogP contribution >= 0.6 is 0 Å². The second-order valence-corrected chi connectivity index (χ2v) is 9.49. The average molecular weight is 476 g/mol. The summed E-state index contributed by atoms with van der Waals surface area (Å²) in [6.45, 7) is 2.98. The van der Waals surface area contributed by atoms with Gasteiger partial charge in [-0.2, -0.15) is 0 Å². The number of carbonyl (C=O) groups is 3. The van der Waals surface area contributed by atoms with Crippen LogP contribution in [-0.4, -0.2) is 33.6 Å². The highest BCUT2D eigenvalue weighted by Gasteiger charge is 2.33. The van der Waals surface area contributed by atoms with E-state index in [9.17, 15) is 19.5 Å². The molecule has 2 amide bonds. The summed E-state index contributed by atoms with van der Waals surface area (Å²) < 4.78 is 5.30. The maximum Gasteiger partial charge on any atom is 0.328 e. The lowest BCUT2D eigenvalue weighted by atomic mass is 9.78. The molecule has 2 aromatic carbocycles. The fourth-order valence-corrected chi connectivity index (χ4v) is 4.31. The predicted octanol–water partition coefficient (Wildman–Crippen LogP) is 4.85. The summed E-state index contributed by atoms with van der Waals surface area (Å²) in [5.41, 5.74) is 1.59. The number of aromatic nitrogens is 1. The van der Waals surface area contributed by atoms with Crippen molar-refractivity contribution in [2.45, 2.75) is 51.0 Å². The maximum absolute atomic E-state index is 12.6. The van der Waals surface area contributed by atoms with Crippen molar-refractivity contribution in [2.24, 2.45) is 5.92 Å². The molecule has 3 N–H and O–H groups in total. The standard InChI is InChI=1S/C27H29N3O5/c1-27(2,26(33)34)29-24(31)20-10-8-17(9-11-20)18-12-14-21(15-13-18)28-25(32)22-16-23(35-30-22)19-6-4-3-5-7-19/h3-7,12-17,20H,8-11H2,1-2H3,(H,28,32)(H,29,31)(H,33,34). The molecule has 1 fully saturated rings. The number of hydrogen-bond acceptors (Lipinski definition) is 5. The molecule has 4 rings (SSSR count). The molecule has 0 bridgehead atoms. The first-order valence-corrected chi connectivity index (χ1v) is 11.7. The number of hydrogen-bond donors (Lipinski definition) is 3. The third-order valence-electron chi connectivity index (χ3n) is 6.51. The predicted molar refractivity (Wildman–Crippen MR) is 131 cm³/mol. The van der Waals surface area contributed by atoms with Gasteiger partial charge in [-0.15, -0.1) is 0 Å². The van der Waals surface area contributed by atoms with E-state index in [-0.39, 0.29) is 23.4 Å². The lowest BCUT2D eigenvalue weighted by Gasteiger charge is -2.30. The number of carbonyl (C=O) groups excluding carboxylic acids is 2. The summed E-state index contributed by atoms with van der Waals surface area (Å²) in [7, 11) is 0. The molecule has 1 heterocycles. The molecule has 182 valence electrons. The second-order valence-electron chi connectivity index (χ2n) is 9.49. The molecule has 1 aliphatic carbocycles. The Hall–Kier alpha value is -3.94. The molecular weight excluding hydrogens is 446 g/mol. The molecule has 1 aliphatic rings. The minimum atomic E-state index is -1.27. The zero-order valence-corrected chi connectivity index (χ0v) is 19.8. The van der Waals surface area contributed by atoms with Crippen molar-refractivity contribution in [3.05, 3.63) is 71.9 Å². The highest BCUT2D eigenvalue weighted by Crippen LogP contribution is 2.36. The summed E-state index contributed by atoms with van der Waals surface area (Å²) in [6, 6.07) is 18.8. The first kappa shape index (κ1) is 24.2. The highest BCUT2D eigenvalue weighted by atomic mass is 16.5. The Kier molecular flexibility index (Phi) is 7.00. The van der Waals surface area contributed by atoms with Gasteiger partial charge in [0.15, 0.2) is 11.5 Å². The van der Waals surface area contributed by atoms with Crippen LogP contribution in [0.25, 0.3) is 11.3 Å². The lowest BCUT2D eigenvalue weighted by molar-refractivity contribution is -0.146. The first-order chi connectivity index (χ1) is 16.7. The van der Waals surface area contributed by atoms with Crippen LogP contribution in [0.5, 0.6) is 0 Å². The van der Waals surface area contributed by atoms with Gasteiger partial charge in [0, 0.05) is 23.2 Å². The van der Waals surface area contributed by atoms with Gasteiger partial charge in [-0.25, -0.2) is 4.79 Å². The molecule has 0 saturated heterocycles. The van der Waals surface area contributed by atoms with E-state index in [2.05, 4.69) is 15.8 Å². The number of rotatable bonds is 7. The van der Waals surface area contributed by atoms with Crippen molar-refractivity contribution in [3.8, 4) is 11.3 Å². The Morgan fingerprint density at radius 1 is 0.971 bits per heavy atom. The summed E-state index contributed by atoms with van der Waals surface area (Å²) in [6.07, 6.45) is 3.11. The van der Waals surface area contributed by atoms with E-state index in [0.29, 0.717) is 30.2 Å². The van der Waals surface area contributed by atoms with Crippen LogP contribution in [0.4, 0.5) is 5.69 Å². The summed E-state index contributed by atoms with van der Waals surface area (Å²) in [4.78, 5) is 36.3. The van der Waals surface area contributed by atoms with E-state index in [0.717, 1.165) is 24.0 Å². The van der Waals surface area contributed by atoms with Gasteiger partial charge in [0.05, 0.1) is 0 Å². The number of amides is 2. The van der Waals surface area contributed by atoms with Crippen LogP contribution in [0.1, 0.15) is 61.5 Å². The van der Waals surface area contributed by atoms with Crippen molar-refractivity contribution in [1.29, 1.82) is 0 Å². The summed E-state index contributed by atoms with van der Waals surface area (Å²) >= 11 is 0. The second kappa shape index (κ2) is 10.1. The van der Waals surface area contributed by atoms with Crippen LogP contribution in [0.3, 0.4) is 0 Å². The number of carboxylic acid groups (broad SMARTS) is 1. The number of carboxylic acids is 1. The fraction of sp³-hybridized carbons (Fsp3) is 0.333. The summed E-state index contributed by atoms with van der Waals surface area (Å²) in [5.74, 6) is -0.919. The fourth-order valence-electron chi connectivity index (χ4n) is 4.31. The van der Waals surface area contributed by atoms with Gasteiger partial charge in [0.1, 0.15) is 5.54 Å². The smallest absolute Gasteiger partial charge is 0.328 e. The van der Waals surface area contributed by atoms with Crippen molar-refractivity contribution in [1.82, 2.24) is 10.5 Å². The molecule has 8 nitrogen and oxygen atoms in total. The van der Waals surface area contributed by atoms with Gasteiger partial charge in [-0.3, -0.25) is 9.59 Å². The third-order valence-corrected chi connectivity index (χ3v) is 6.51. The maximum atomic E-state index is 12.6. The van der Waals surface area contributed by atoms with Crippen LogP contribution in [-0.2, 0) is 9.59 Å². The Morgan fingerprint density at radius 3 is 2.26 bits per heavy atom. The van der Waals surface area contributed by atoms with Gasteiger partial charge in [0.25, 0.3) is 5.91 Å². The Bertz CT molecular complexity index is 1190. The largest absolute Gasteiger partial charge is 0.480 e. The lowest BCUT2D eigenvalue weighted by Crippen LogP contribution is -2.51. The van der Waals surface area contributed by atoms with E-state index in [1.807, 2.05) is 54.6 Å². The number of anilines is 1. The van der Waals surface area contributed by atoms with Gasteiger partial charge in [-0.1, -0.05) is 47.6 Å². The molecule has 0 atom stereocenters. The number of nitrogens with zero attached hydrogens (tertiary/aromatic N) is 1. The van der Waals surface area contributed by atoms with Gasteiger partial charge < -0.3 is 20.3 Å². The molecule has 0 radical (unpaired) electrons. The van der Waals surface area contributed by atoms with Crippen molar-refractivity contribution in [2.75, 3.05) is 5.32 Å². The summed E-state index contributed by atoms with van der Waals surface area (Å²) in [5, 5.41) is 18.6. The molecule has 8 heteroatoms. The SMILES string of the molecule is CC(C)(NC(=O)C1CCC(c2ccc(NC(=O)c3cc(-c4ccccc4)on3)cc2)CC1)C(=O)O. The topological polar surface area (TPSA) is 122 Å². The normalized spacial score (nSPS) is 18.0. The molecule has 3 aromatic rings. The molecule has 1 saturated carbocycles. The third kappa shape index (κ3) is 5.77. The highest BCUT2D eigenvalue weighted by molar-refractivity contribution is 6.03. The molecular formula is C27H29N3O5. The molecule has 0 aliphatic heterocycles. The number of aliphatic carboxylic acids is 1. The first-order valence-electron chi connectivity index (χ1n) is 11.7. The van der Waals surface area contributed by atoms with Crippen LogP contribution < -0.4 is 10.6 Å². The zero-order valence-electron chi connectivity index (χ0n) is 19.8. The Labute approximate surface area is 203 Å². The number of nitrogens with one attached hydrogen (secondary N) is 2. The van der Waals surface area contributed by atoms with E-state index in [1.165, 1.54) is 13.8 Å². The molecule has 35 heavy (non-hydrogen) atoms. The van der Waals surface area contributed by atoms with E-state index < -0.39 is 11.5 Å². The van der Waals surface area contributed by atoms with Gasteiger partial charge >= 0.3 is 5.97 Å². The van der Waals surface area contributed by atoms with E-state index in [4.69, 9.17) is 4.52 Å². The minimum absolute atomic E-state index is 0.174. The van der Waals surface area contributed by atoms with Crippen molar-refractivity contribution in [3.63, 3.8) is 0 Å². The van der Waals surface area contributed by atoms with Gasteiger partial charge in [0.2, 0.25) is 5.91 Å². The molecule has 0 spiro atoms. The molecule has 1 aromatic heterocycles. The van der Waals surface area contributed by atoms with Crippen molar-refractivity contribution >= 4 is 23.5 Å². The average Bonchev–Trinajstić information content (AvgIpc) is 3.35. The van der Waals surface area contributed by atoms with Crippen molar-refractivity contribution < 1.29 is 24.0 Å². The van der Waals surface area contributed by atoms with Crippen LogP contribution in [0.15, 0.2) is 65.2 Å². The molecule has 0 unspecified atom stereocenters. The van der Waals surface area contributed by atoms with E-state index in [1.54, 1.807) is 6.07 Å². The monoisotopic (exact) mass is 475 g/mol. The Balaban J connectivity index is 1.30. The minimum Gasteiger partial charge on any atom is -0.480 e. The van der Waals surface area contributed by atoms with Gasteiger partial charge in [-0.05, 0) is 63.1 Å². The van der Waals surface area contributed by atoms with Crippen LogP contribution in [0, 0.1) is 5.92 Å². The number of benzene rings is 2. The van der Waals surface area contributed by atoms with E-state index >= 15 is 0 Å². The quantitative estimate of drug-likeness (QED) is 0.449. The Morgan fingerprint density at radius 2 is 1.63 bits per heavy atom. The van der Waals surface area contributed by atoms with Crippen LogP contribution in [0.2, 0.25) is 0 Å². The zero-order chi connectivity index (χ0) is 25.0.